The van der Waals surface area contributed by atoms with Crippen LogP contribution in [-0.4, -0.2) is 16.9 Å². The number of nitrogens with zero attached hydrogens (tertiary/aromatic N) is 1. The van der Waals surface area contributed by atoms with Gasteiger partial charge in [-0.25, -0.2) is 10.2 Å². The fourth-order valence-electron chi connectivity index (χ4n) is 0.808. The largest absolute Gasteiger partial charge is 0.464 e. The predicted octanol–water partition coefficient (Wildman–Crippen LogP) is 2.05. The Morgan fingerprint density at radius 1 is 1.69 bits per heavy atom. The van der Waals surface area contributed by atoms with E-state index >= 15 is 0 Å². The summed E-state index contributed by atoms with van der Waals surface area (Å²) in [5.74, 6) is 0. The zero-order valence-corrected chi connectivity index (χ0v) is 8.18. The first-order chi connectivity index (χ1) is 6.09. The number of carbonyl (C=O) groups is 1. The molecule has 1 amide bonds. The van der Waals surface area contributed by atoms with Gasteiger partial charge >= 0.3 is 6.09 Å². The molecule has 2 N–H and O–H groups in total. The van der Waals surface area contributed by atoms with Crippen LogP contribution in [0.3, 0.4) is 0 Å². The molecule has 0 atom stereocenters. The molecule has 5 heteroatoms. The van der Waals surface area contributed by atoms with Gasteiger partial charge in [-0.1, -0.05) is 0 Å². The second-order valence-corrected chi connectivity index (χ2v) is 3.51. The van der Waals surface area contributed by atoms with Gasteiger partial charge in [0.1, 0.15) is 0 Å². The van der Waals surface area contributed by atoms with E-state index in [2.05, 4.69) is 5.10 Å². The van der Waals surface area contributed by atoms with Crippen molar-refractivity contribution in [2.75, 3.05) is 0 Å². The third-order valence-corrected chi connectivity index (χ3v) is 2.56. The molecule has 0 aliphatic rings. The van der Waals surface area contributed by atoms with Crippen molar-refractivity contribution in [2.24, 2.45) is 5.10 Å². The van der Waals surface area contributed by atoms with E-state index in [9.17, 15) is 4.79 Å². The van der Waals surface area contributed by atoms with Crippen molar-refractivity contribution < 1.29 is 9.90 Å². The smallest absolute Gasteiger partial charge is 0.425 e. The second kappa shape index (κ2) is 4.04. The maximum atomic E-state index is 10.1. The van der Waals surface area contributed by atoms with Crippen molar-refractivity contribution in [2.45, 2.75) is 13.8 Å². The van der Waals surface area contributed by atoms with Gasteiger partial charge in [-0.05, 0) is 30.9 Å². The molecule has 0 aliphatic heterocycles. The number of carboxylic acid groups (broad SMARTS) is 1. The third-order valence-electron chi connectivity index (χ3n) is 1.41. The minimum Gasteiger partial charge on any atom is -0.464 e. The molecule has 1 heterocycles. The lowest BCUT2D eigenvalue weighted by molar-refractivity contribution is 0.195. The lowest BCUT2D eigenvalue weighted by Crippen LogP contribution is -2.15. The summed E-state index contributed by atoms with van der Waals surface area (Å²) in [4.78, 5) is 11.1. The summed E-state index contributed by atoms with van der Waals surface area (Å²) in [7, 11) is 0. The SMILES string of the molecule is C/C(=N\NC(=O)O)c1cc(C)cs1. The van der Waals surface area contributed by atoms with E-state index in [0.717, 1.165) is 10.4 Å². The van der Waals surface area contributed by atoms with Gasteiger partial charge in [-0.3, -0.25) is 0 Å². The van der Waals surface area contributed by atoms with Gasteiger partial charge in [-0.15, -0.1) is 11.3 Å². The van der Waals surface area contributed by atoms with Gasteiger partial charge < -0.3 is 5.11 Å². The predicted molar refractivity (Wildman–Crippen MR) is 52.4 cm³/mol. The summed E-state index contributed by atoms with van der Waals surface area (Å²) >= 11 is 1.55. The number of hydrogen-bond acceptors (Lipinski definition) is 3. The zero-order valence-electron chi connectivity index (χ0n) is 7.37. The maximum Gasteiger partial charge on any atom is 0.425 e. The third kappa shape index (κ3) is 2.87. The van der Waals surface area contributed by atoms with E-state index in [4.69, 9.17) is 5.11 Å². The summed E-state index contributed by atoms with van der Waals surface area (Å²) in [6.07, 6.45) is -1.15. The van der Waals surface area contributed by atoms with Gasteiger partial charge in [0.25, 0.3) is 0 Å². The summed E-state index contributed by atoms with van der Waals surface area (Å²) in [6.45, 7) is 3.75. The quantitative estimate of drug-likeness (QED) is 0.564. The average Bonchev–Trinajstić information content (AvgIpc) is 2.47. The Balaban J connectivity index is 2.72. The first-order valence-electron chi connectivity index (χ1n) is 3.68. The van der Waals surface area contributed by atoms with Gasteiger partial charge in [0.05, 0.1) is 10.6 Å². The molecule has 1 rings (SSSR count). The second-order valence-electron chi connectivity index (χ2n) is 2.60. The van der Waals surface area contributed by atoms with Gasteiger partial charge in [0.2, 0.25) is 0 Å². The highest BCUT2D eigenvalue weighted by atomic mass is 32.1. The van der Waals surface area contributed by atoms with Gasteiger partial charge in [0, 0.05) is 0 Å². The number of rotatable bonds is 2. The first kappa shape index (κ1) is 9.73. The van der Waals surface area contributed by atoms with E-state index in [0.29, 0.717) is 5.71 Å². The Kier molecular flexibility index (Phi) is 3.02. The summed E-state index contributed by atoms with van der Waals surface area (Å²) in [6, 6.07) is 1.97. The lowest BCUT2D eigenvalue weighted by Gasteiger charge is -1.94. The van der Waals surface area contributed by atoms with Crippen LogP contribution in [0.4, 0.5) is 4.79 Å². The highest BCUT2D eigenvalue weighted by Crippen LogP contribution is 2.14. The van der Waals surface area contributed by atoms with Crippen LogP contribution in [0.2, 0.25) is 0 Å². The van der Waals surface area contributed by atoms with Crippen LogP contribution in [0, 0.1) is 6.92 Å². The van der Waals surface area contributed by atoms with Gasteiger partial charge in [-0.2, -0.15) is 5.10 Å². The van der Waals surface area contributed by atoms with Crippen molar-refractivity contribution in [1.82, 2.24) is 5.43 Å². The monoisotopic (exact) mass is 198 g/mol. The van der Waals surface area contributed by atoms with Crippen LogP contribution >= 0.6 is 11.3 Å². The summed E-state index contributed by atoms with van der Waals surface area (Å²) in [5.41, 5.74) is 3.80. The highest BCUT2D eigenvalue weighted by molar-refractivity contribution is 7.12. The van der Waals surface area contributed by atoms with Crippen molar-refractivity contribution >= 4 is 23.1 Å². The van der Waals surface area contributed by atoms with Crippen LogP contribution in [0.25, 0.3) is 0 Å². The van der Waals surface area contributed by atoms with Gasteiger partial charge in [0.15, 0.2) is 0 Å². The number of thiophene rings is 1. The topological polar surface area (TPSA) is 61.7 Å². The van der Waals surface area contributed by atoms with Crippen LogP contribution in [0.5, 0.6) is 0 Å². The number of hydrazone groups is 1. The normalized spacial score (nSPS) is 11.4. The van der Waals surface area contributed by atoms with Crippen molar-refractivity contribution in [3.8, 4) is 0 Å². The lowest BCUT2D eigenvalue weighted by atomic mass is 10.3. The van der Waals surface area contributed by atoms with E-state index in [1.165, 1.54) is 0 Å². The molecule has 0 saturated heterocycles. The number of nitrogens with one attached hydrogen (secondary N) is 1. The Morgan fingerprint density at radius 3 is 2.85 bits per heavy atom. The van der Waals surface area contributed by atoms with Crippen LogP contribution in [0.1, 0.15) is 17.4 Å². The number of aryl methyl sites for hydroxylation is 1. The average molecular weight is 198 g/mol. The molecular formula is C8H10N2O2S. The number of amides is 1. The van der Waals surface area contributed by atoms with Crippen LogP contribution in [-0.2, 0) is 0 Å². The van der Waals surface area contributed by atoms with Crippen LogP contribution < -0.4 is 5.43 Å². The Labute approximate surface area is 79.9 Å². The molecule has 70 valence electrons. The van der Waals surface area contributed by atoms with Crippen LogP contribution in [0.15, 0.2) is 16.5 Å². The molecular weight excluding hydrogens is 188 g/mol. The Bertz CT molecular complexity index is 344. The minimum absolute atomic E-state index is 0.681. The fourth-order valence-corrected chi connectivity index (χ4v) is 1.66. The molecule has 1 aromatic heterocycles. The molecule has 0 spiro atoms. The van der Waals surface area contributed by atoms with Crippen molar-refractivity contribution in [3.63, 3.8) is 0 Å². The fraction of sp³-hybridized carbons (Fsp3) is 0.250. The van der Waals surface area contributed by atoms with E-state index < -0.39 is 6.09 Å². The zero-order chi connectivity index (χ0) is 9.84. The Morgan fingerprint density at radius 2 is 2.38 bits per heavy atom. The summed E-state index contributed by atoms with van der Waals surface area (Å²) < 4.78 is 0. The number of hydrogen-bond donors (Lipinski definition) is 2. The van der Waals surface area contributed by atoms with Crippen molar-refractivity contribution in [1.29, 1.82) is 0 Å². The molecule has 13 heavy (non-hydrogen) atoms. The van der Waals surface area contributed by atoms with Crippen molar-refractivity contribution in [3.05, 3.63) is 21.9 Å². The minimum atomic E-state index is -1.15. The molecule has 0 unspecified atom stereocenters. The summed E-state index contributed by atoms with van der Waals surface area (Å²) in [5, 5.41) is 14.0. The molecule has 0 fully saturated rings. The maximum absolute atomic E-state index is 10.1. The molecule has 0 radical (unpaired) electrons. The molecule has 0 saturated carbocycles. The van der Waals surface area contributed by atoms with E-state index in [1.807, 2.05) is 23.8 Å². The molecule has 0 aliphatic carbocycles. The van der Waals surface area contributed by atoms with E-state index in [1.54, 1.807) is 18.3 Å². The van der Waals surface area contributed by atoms with E-state index in [-0.39, 0.29) is 0 Å². The molecule has 0 bridgehead atoms. The Hall–Kier alpha value is -1.36. The standard InChI is InChI=1S/C8H10N2O2S/c1-5-3-7(13-4-5)6(2)9-10-8(11)12/h3-4,10H,1-2H3,(H,11,12)/b9-6+. The molecule has 4 nitrogen and oxygen atoms in total. The molecule has 0 aromatic carbocycles. The highest BCUT2D eigenvalue weighted by Gasteiger charge is 2.00. The first-order valence-corrected chi connectivity index (χ1v) is 4.56. The molecule has 1 aromatic rings.